The maximum Gasteiger partial charge on any atom is 0.355 e. The highest BCUT2D eigenvalue weighted by molar-refractivity contribution is 5.91. The molecule has 0 aliphatic carbocycles. The molecule has 0 radical (unpaired) electrons. The minimum atomic E-state index is -1.32. The second kappa shape index (κ2) is 6.43. The molecule has 1 rings (SSSR count). The van der Waals surface area contributed by atoms with Crippen molar-refractivity contribution in [3.8, 4) is 0 Å². The molecule has 1 aromatic rings. The van der Waals surface area contributed by atoms with Gasteiger partial charge in [0.1, 0.15) is 5.69 Å². The van der Waals surface area contributed by atoms with Crippen LogP contribution in [0.15, 0.2) is 18.3 Å². The standard InChI is InChI=1S/C11H13NO6/c1-16-9(13)6-8(11(15)17-2)18-10(14)7-4-3-5-12-7/h3-5,8,12H,6H2,1-2H3/t8-/m0/s1. The number of hydrogen-bond donors (Lipinski definition) is 1. The number of carbonyl (C=O) groups is 3. The number of nitrogens with one attached hydrogen (secondary N) is 1. The van der Waals surface area contributed by atoms with Crippen LogP contribution in [0.25, 0.3) is 0 Å². The van der Waals surface area contributed by atoms with Crippen molar-refractivity contribution in [1.82, 2.24) is 4.98 Å². The number of esters is 3. The van der Waals surface area contributed by atoms with Crippen molar-refractivity contribution in [3.63, 3.8) is 0 Å². The minimum Gasteiger partial charge on any atom is -0.469 e. The lowest BCUT2D eigenvalue weighted by atomic mass is 10.2. The molecule has 1 N–H and O–H groups in total. The highest BCUT2D eigenvalue weighted by atomic mass is 16.6. The van der Waals surface area contributed by atoms with Crippen LogP contribution in [0.1, 0.15) is 16.9 Å². The van der Waals surface area contributed by atoms with Crippen LogP contribution < -0.4 is 0 Å². The van der Waals surface area contributed by atoms with Gasteiger partial charge in [0.15, 0.2) is 0 Å². The summed E-state index contributed by atoms with van der Waals surface area (Å²) in [5.41, 5.74) is 0.175. The Morgan fingerprint density at radius 2 is 2.00 bits per heavy atom. The van der Waals surface area contributed by atoms with Crippen LogP contribution in [0.4, 0.5) is 0 Å². The highest BCUT2D eigenvalue weighted by Crippen LogP contribution is 2.07. The molecule has 1 heterocycles. The zero-order chi connectivity index (χ0) is 13.5. The maximum absolute atomic E-state index is 11.6. The molecule has 0 saturated carbocycles. The third-order valence-corrected chi connectivity index (χ3v) is 2.11. The van der Waals surface area contributed by atoms with E-state index in [0.29, 0.717) is 0 Å². The Labute approximate surface area is 103 Å². The number of rotatable bonds is 5. The molecule has 7 heteroatoms. The van der Waals surface area contributed by atoms with Crippen molar-refractivity contribution in [3.05, 3.63) is 24.0 Å². The molecule has 0 bridgehead atoms. The average Bonchev–Trinajstić information content (AvgIpc) is 2.90. The normalized spacial score (nSPS) is 11.4. The van der Waals surface area contributed by atoms with E-state index in [1.807, 2.05) is 0 Å². The molecule has 0 fully saturated rings. The third kappa shape index (κ3) is 3.62. The van der Waals surface area contributed by atoms with E-state index in [1.165, 1.54) is 19.4 Å². The molecule has 1 aromatic heterocycles. The Morgan fingerprint density at radius 1 is 1.28 bits per heavy atom. The Hall–Kier alpha value is -2.31. The maximum atomic E-state index is 11.6. The molecule has 1 atom stereocenters. The fraction of sp³-hybridized carbons (Fsp3) is 0.364. The van der Waals surface area contributed by atoms with Crippen LogP contribution in [0.3, 0.4) is 0 Å². The summed E-state index contributed by atoms with van der Waals surface area (Å²) in [6, 6.07) is 3.08. The SMILES string of the molecule is COC(=O)C[C@H](OC(=O)c1ccc[nH]1)C(=O)OC. The first kappa shape index (κ1) is 13.8. The molecular formula is C11H13NO6. The van der Waals surface area contributed by atoms with E-state index in [4.69, 9.17) is 4.74 Å². The van der Waals surface area contributed by atoms with Gasteiger partial charge in [0.05, 0.1) is 20.6 Å². The summed E-state index contributed by atoms with van der Waals surface area (Å²) in [5, 5.41) is 0. The van der Waals surface area contributed by atoms with Crippen LogP contribution in [0.2, 0.25) is 0 Å². The van der Waals surface area contributed by atoms with Crippen molar-refractivity contribution < 1.29 is 28.6 Å². The number of ether oxygens (including phenoxy) is 3. The van der Waals surface area contributed by atoms with E-state index < -0.39 is 30.4 Å². The quantitative estimate of drug-likeness (QED) is 0.599. The molecule has 0 spiro atoms. The zero-order valence-corrected chi connectivity index (χ0v) is 9.97. The van der Waals surface area contributed by atoms with Crippen LogP contribution in [0.5, 0.6) is 0 Å². The van der Waals surface area contributed by atoms with Gasteiger partial charge in [0, 0.05) is 6.20 Å². The van der Waals surface area contributed by atoms with E-state index in [9.17, 15) is 14.4 Å². The van der Waals surface area contributed by atoms with Crippen LogP contribution >= 0.6 is 0 Å². The Bertz CT molecular complexity index is 425. The number of methoxy groups -OCH3 is 2. The van der Waals surface area contributed by atoms with E-state index in [2.05, 4.69) is 14.5 Å². The predicted molar refractivity (Wildman–Crippen MR) is 58.6 cm³/mol. The lowest BCUT2D eigenvalue weighted by Gasteiger charge is -2.13. The van der Waals surface area contributed by atoms with Crippen molar-refractivity contribution in [2.24, 2.45) is 0 Å². The smallest absolute Gasteiger partial charge is 0.355 e. The molecule has 7 nitrogen and oxygen atoms in total. The van der Waals surface area contributed by atoms with Gasteiger partial charge in [0.2, 0.25) is 6.10 Å². The van der Waals surface area contributed by atoms with E-state index in [-0.39, 0.29) is 5.69 Å². The largest absolute Gasteiger partial charge is 0.469 e. The molecular weight excluding hydrogens is 242 g/mol. The van der Waals surface area contributed by atoms with Gasteiger partial charge < -0.3 is 19.2 Å². The summed E-state index contributed by atoms with van der Waals surface area (Å²) in [7, 11) is 2.30. The summed E-state index contributed by atoms with van der Waals surface area (Å²) < 4.78 is 13.7. The fourth-order valence-corrected chi connectivity index (χ4v) is 1.19. The molecule has 98 valence electrons. The lowest BCUT2D eigenvalue weighted by molar-refractivity contribution is -0.157. The Morgan fingerprint density at radius 3 is 2.50 bits per heavy atom. The topological polar surface area (TPSA) is 94.7 Å². The molecule has 0 aromatic carbocycles. The number of hydrogen-bond acceptors (Lipinski definition) is 6. The number of carbonyl (C=O) groups excluding carboxylic acids is 3. The van der Waals surface area contributed by atoms with Crippen molar-refractivity contribution in [2.75, 3.05) is 14.2 Å². The lowest BCUT2D eigenvalue weighted by Crippen LogP contribution is -2.31. The zero-order valence-electron chi connectivity index (χ0n) is 9.97. The van der Waals surface area contributed by atoms with E-state index in [0.717, 1.165) is 7.11 Å². The Balaban J connectivity index is 2.69. The first-order valence-electron chi connectivity index (χ1n) is 5.07. The molecule has 0 aliphatic heterocycles. The Kier molecular flexibility index (Phi) is 4.91. The van der Waals surface area contributed by atoms with Gasteiger partial charge in [-0.15, -0.1) is 0 Å². The third-order valence-electron chi connectivity index (χ3n) is 2.11. The second-order valence-corrected chi connectivity index (χ2v) is 3.28. The predicted octanol–water partition coefficient (Wildman–Crippen LogP) is 0.276. The summed E-state index contributed by atoms with van der Waals surface area (Å²) in [6.07, 6.45) is -0.183. The van der Waals surface area contributed by atoms with Crippen LogP contribution in [0, 0.1) is 0 Å². The van der Waals surface area contributed by atoms with Crippen LogP contribution in [-0.4, -0.2) is 43.2 Å². The first-order valence-corrected chi connectivity index (χ1v) is 5.07. The van der Waals surface area contributed by atoms with Gasteiger partial charge in [-0.1, -0.05) is 0 Å². The number of aromatic amines is 1. The van der Waals surface area contributed by atoms with Gasteiger partial charge in [-0.2, -0.15) is 0 Å². The van der Waals surface area contributed by atoms with Gasteiger partial charge in [-0.3, -0.25) is 4.79 Å². The fourth-order valence-electron chi connectivity index (χ4n) is 1.19. The molecule has 0 saturated heterocycles. The molecule has 0 amide bonds. The highest BCUT2D eigenvalue weighted by Gasteiger charge is 2.28. The van der Waals surface area contributed by atoms with Crippen molar-refractivity contribution in [1.29, 1.82) is 0 Å². The number of H-pyrrole nitrogens is 1. The van der Waals surface area contributed by atoms with E-state index >= 15 is 0 Å². The monoisotopic (exact) mass is 255 g/mol. The average molecular weight is 255 g/mol. The number of aromatic nitrogens is 1. The molecule has 0 aliphatic rings. The van der Waals surface area contributed by atoms with Gasteiger partial charge in [-0.05, 0) is 12.1 Å². The second-order valence-electron chi connectivity index (χ2n) is 3.28. The van der Waals surface area contributed by atoms with Gasteiger partial charge in [0.25, 0.3) is 0 Å². The summed E-state index contributed by atoms with van der Waals surface area (Å²) in [4.78, 5) is 36.6. The van der Waals surface area contributed by atoms with Crippen LogP contribution in [-0.2, 0) is 23.8 Å². The van der Waals surface area contributed by atoms with Gasteiger partial charge in [-0.25, -0.2) is 9.59 Å². The molecule has 18 heavy (non-hydrogen) atoms. The summed E-state index contributed by atoms with van der Waals surface area (Å²) in [5.74, 6) is -2.25. The van der Waals surface area contributed by atoms with E-state index in [1.54, 1.807) is 6.07 Å². The summed E-state index contributed by atoms with van der Waals surface area (Å²) in [6.45, 7) is 0. The molecule has 0 unspecified atom stereocenters. The van der Waals surface area contributed by atoms with Crippen molar-refractivity contribution in [2.45, 2.75) is 12.5 Å². The summed E-state index contributed by atoms with van der Waals surface area (Å²) >= 11 is 0. The first-order chi connectivity index (χ1) is 8.58. The van der Waals surface area contributed by atoms with Crippen molar-refractivity contribution >= 4 is 17.9 Å². The minimum absolute atomic E-state index is 0.175. The van der Waals surface area contributed by atoms with Gasteiger partial charge >= 0.3 is 17.9 Å².